The summed E-state index contributed by atoms with van der Waals surface area (Å²) in [6.45, 7) is 2.23. The molecule has 0 radical (unpaired) electrons. The molecule has 0 aliphatic heterocycles. The topological polar surface area (TPSA) is 37.8 Å². The van der Waals surface area contributed by atoms with Crippen LogP contribution in [0.3, 0.4) is 0 Å². The summed E-state index contributed by atoms with van der Waals surface area (Å²) in [5.74, 6) is 1.76. The van der Waals surface area contributed by atoms with E-state index in [1.54, 1.807) is 24.2 Å². The molecule has 76 valence electrons. The van der Waals surface area contributed by atoms with E-state index in [-0.39, 0.29) is 0 Å². The first-order chi connectivity index (χ1) is 6.83. The zero-order valence-corrected chi connectivity index (χ0v) is 9.34. The Balaban J connectivity index is 1.96. The van der Waals surface area contributed by atoms with Crippen molar-refractivity contribution in [3.63, 3.8) is 0 Å². The van der Waals surface area contributed by atoms with Crippen molar-refractivity contribution in [1.29, 1.82) is 0 Å². The fraction of sp³-hybridized carbons (Fsp3) is 0.600. The maximum Gasteiger partial charge on any atom is 0.146 e. The fourth-order valence-electron chi connectivity index (χ4n) is 1.58. The molecule has 1 aliphatic carbocycles. The van der Waals surface area contributed by atoms with Gasteiger partial charge in [-0.05, 0) is 18.6 Å². The summed E-state index contributed by atoms with van der Waals surface area (Å²) in [6.07, 6.45) is 8.14. The zero-order chi connectivity index (χ0) is 9.97. The predicted octanol–water partition coefficient (Wildman–Crippen LogP) is 2.41. The van der Waals surface area contributed by atoms with Crippen LogP contribution in [0.2, 0.25) is 0 Å². The maximum atomic E-state index is 4.43. The number of hydrogen-bond acceptors (Lipinski definition) is 4. The summed E-state index contributed by atoms with van der Waals surface area (Å²) in [6, 6.07) is 0.631. The number of aromatic nitrogens is 2. The van der Waals surface area contributed by atoms with Crippen LogP contribution in [0, 0.1) is 5.92 Å². The third kappa shape index (κ3) is 2.18. The lowest BCUT2D eigenvalue weighted by Crippen LogP contribution is -2.06. The minimum absolute atomic E-state index is 0.631. The highest BCUT2D eigenvalue weighted by Gasteiger charge is 2.35. The highest BCUT2D eigenvalue weighted by atomic mass is 32.2. The van der Waals surface area contributed by atoms with E-state index in [4.69, 9.17) is 0 Å². The van der Waals surface area contributed by atoms with E-state index in [2.05, 4.69) is 22.2 Å². The first-order valence-electron chi connectivity index (χ1n) is 4.96. The summed E-state index contributed by atoms with van der Waals surface area (Å²) >= 11 is 1.62. The first-order valence-corrected chi connectivity index (χ1v) is 6.18. The van der Waals surface area contributed by atoms with Crippen molar-refractivity contribution in [2.24, 2.45) is 5.92 Å². The molecule has 4 heteroatoms. The molecule has 1 aromatic heterocycles. The van der Waals surface area contributed by atoms with Crippen LogP contribution in [0.5, 0.6) is 0 Å². The molecule has 1 saturated carbocycles. The Morgan fingerprint density at radius 2 is 2.43 bits per heavy atom. The van der Waals surface area contributed by atoms with Gasteiger partial charge in [0.2, 0.25) is 0 Å². The molecule has 14 heavy (non-hydrogen) atoms. The first kappa shape index (κ1) is 9.77. The summed E-state index contributed by atoms with van der Waals surface area (Å²) in [5.41, 5.74) is 0. The average molecular weight is 209 g/mol. The molecule has 2 atom stereocenters. The third-order valence-corrected chi connectivity index (χ3v) is 3.22. The van der Waals surface area contributed by atoms with Gasteiger partial charge in [-0.1, -0.05) is 13.3 Å². The molecule has 0 amide bonds. The predicted molar refractivity (Wildman–Crippen MR) is 59.6 cm³/mol. The summed E-state index contributed by atoms with van der Waals surface area (Å²) in [5, 5.41) is 4.38. The maximum absolute atomic E-state index is 4.43. The van der Waals surface area contributed by atoms with Gasteiger partial charge >= 0.3 is 0 Å². The van der Waals surface area contributed by atoms with Crippen molar-refractivity contribution in [3.8, 4) is 0 Å². The molecule has 0 saturated heterocycles. The molecule has 2 unspecified atom stereocenters. The van der Waals surface area contributed by atoms with Crippen molar-refractivity contribution in [1.82, 2.24) is 9.97 Å². The Hall–Kier alpha value is -0.770. The van der Waals surface area contributed by atoms with Gasteiger partial charge in [0.25, 0.3) is 0 Å². The van der Waals surface area contributed by atoms with Crippen LogP contribution < -0.4 is 5.32 Å². The Morgan fingerprint density at radius 3 is 3.07 bits per heavy atom. The molecular weight excluding hydrogens is 194 g/mol. The van der Waals surface area contributed by atoms with Gasteiger partial charge in [-0.25, -0.2) is 4.98 Å². The van der Waals surface area contributed by atoms with E-state index in [0.717, 1.165) is 16.8 Å². The average Bonchev–Trinajstić information content (AvgIpc) is 2.97. The highest BCUT2D eigenvalue weighted by molar-refractivity contribution is 7.98. The van der Waals surface area contributed by atoms with Crippen LogP contribution in [0.1, 0.15) is 19.8 Å². The van der Waals surface area contributed by atoms with Crippen LogP contribution >= 0.6 is 11.8 Å². The summed E-state index contributed by atoms with van der Waals surface area (Å²) < 4.78 is 0. The van der Waals surface area contributed by atoms with E-state index in [9.17, 15) is 0 Å². The molecular formula is C10H15N3S. The zero-order valence-electron chi connectivity index (χ0n) is 8.53. The second kappa shape index (κ2) is 4.17. The monoisotopic (exact) mass is 209 g/mol. The molecule has 2 rings (SSSR count). The number of thioether (sulfide) groups is 1. The van der Waals surface area contributed by atoms with Crippen molar-refractivity contribution >= 4 is 17.6 Å². The standard InChI is InChI=1S/C10H15N3S/c1-3-7-4-8(7)12-9-5-11-6-10(13-9)14-2/h5-8H,3-4H2,1-2H3,(H,12,13). The lowest BCUT2D eigenvalue weighted by Gasteiger charge is -2.04. The van der Waals surface area contributed by atoms with Crippen molar-refractivity contribution in [2.75, 3.05) is 11.6 Å². The summed E-state index contributed by atoms with van der Waals surface area (Å²) in [7, 11) is 0. The van der Waals surface area contributed by atoms with E-state index in [1.807, 2.05) is 6.26 Å². The quantitative estimate of drug-likeness (QED) is 0.773. The summed E-state index contributed by atoms with van der Waals surface area (Å²) in [4.78, 5) is 8.57. The van der Waals surface area contributed by atoms with Gasteiger partial charge in [0.1, 0.15) is 10.8 Å². The van der Waals surface area contributed by atoms with Gasteiger partial charge in [-0.15, -0.1) is 11.8 Å². The largest absolute Gasteiger partial charge is 0.366 e. The second-order valence-electron chi connectivity index (χ2n) is 3.60. The lowest BCUT2D eigenvalue weighted by atomic mass is 10.3. The van der Waals surface area contributed by atoms with Crippen LogP contribution in [-0.4, -0.2) is 22.3 Å². The lowest BCUT2D eigenvalue weighted by molar-refractivity contribution is 0.772. The number of nitrogens with zero attached hydrogens (tertiary/aromatic N) is 2. The van der Waals surface area contributed by atoms with Gasteiger partial charge in [-0.3, -0.25) is 4.98 Å². The van der Waals surface area contributed by atoms with Gasteiger partial charge in [0, 0.05) is 6.04 Å². The fourth-order valence-corrected chi connectivity index (χ4v) is 1.94. The molecule has 0 spiro atoms. The van der Waals surface area contributed by atoms with E-state index < -0.39 is 0 Å². The van der Waals surface area contributed by atoms with Gasteiger partial charge < -0.3 is 5.32 Å². The molecule has 0 aromatic carbocycles. The van der Waals surface area contributed by atoms with E-state index in [1.165, 1.54) is 12.8 Å². The highest BCUT2D eigenvalue weighted by Crippen LogP contribution is 2.35. The van der Waals surface area contributed by atoms with Crippen molar-refractivity contribution < 1.29 is 0 Å². The number of hydrogen-bond donors (Lipinski definition) is 1. The molecule has 1 fully saturated rings. The molecule has 1 heterocycles. The molecule has 3 nitrogen and oxygen atoms in total. The van der Waals surface area contributed by atoms with E-state index >= 15 is 0 Å². The van der Waals surface area contributed by atoms with Crippen molar-refractivity contribution in [3.05, 3.63) is 12.4 Å². The third-order valence-electron chi connectivity index (χ3n) is 2.60. The molecule has 0 bridgehead atoms. The molecule has 1 aliphatic rings. The number of rotatable bonds is 4. The normalized spacial score (nSPS) is 24.7. The van der Waals surface area contributed by atoms with Crippen LogP contribution in [-0.2, 0) is 0 Å². The van der Waals surface area contributed by atoms with Gasteiger partial charge in [0.05, 0.1) is 12.4 Å². The minimum atomic E-state index is 0.631. The SMILES string of the molecule is CCC1CC1Nc1cncc(SC)n1. The van der Waals surface area contributed by atoms with Crippen LogP contribution in [0.15, 0.2) is 17.4 Å². The second-order valence-corrected chi connectivity index (χ2v) is 4.43. The smallest absolute Gasteiger partial charge is 0.146 e. The van der Waals surface area contributed by atoms with E-state index in [0.29, 0.717) is 6.04 Å². The number of anilines is 1. The van der Waals surface area contributed by atoms with Crippen LogP contribution in [0.25, 0.3) is 0 Å². The Kier molecular flexibility index (Phi) is 2.91. The minimum Gasteiger partial charge on any atom is -0.366 e. The van der Waals surface area contributed by atoms with Crippen LogP contribution in [0.4, 0.5) is 5.82 Å². The van der Waals surface area contributed by atoms with Gasteiger partial charge in [-0.2, -0.15) is 0 Å². The number of nitrogens with one attached hydrogen (secondary N) is 1. The van der Waals surface area contributed by atoms with Crippen molar-refractivity contribution in [2.45, 2.75) is 30.8 Å². The molecule has 1 N–H and O–H groups in total. The Bertz CT molecular complexity index is 316. The molecule has 1 aromatic rings. The Labute approximate surface area is 88.7 Å². The van der Waals surface area contributed by atoms with Gasteiger partial charge in [0.15, 0.2) is 0 Å². The Morgan fingerprint density at radius 1 is 1.57 bits per heavy atom.